The first-order valence-electron chi connectivity index (χ1n) is 9.66. The average Bonchev–Trinajstić information content (AvgIpc) is 2.73. The number of thioether (sulfide) groups is 1. The zero-order valence-electron chi connectivity index (χ0n) is 17.5. The molecule has 0 aliphatic carbocycles. The summed E-state index contributed by atoms with van der Waals surface area (Å²) in [6, 6.07) is 12.4. The standard InChI is InChI=1S/C22H24N2O5S2/c1-4-29-21(25)19-18(13-31(27,28)17-11-5-14(2)6-12-17)23-22(26)24-20(19)15-7-9-16(30-3)10-8-15/h5-12,20H,4,13H2,1-3H3,(H2,23,24,26)/t20-/m0/s1. The minimum Gasteiger partial charge on any atom is -0.463 e. The van der Waals surface area contributed by atoms with Crippen molar-refractivity contribution in [1.29, 1.82) is 0 Å². The normalized spacial score (nSPS) is 16.5. The fraction of sp³-hybridized carbons (Fsp3) is 0.273. The van der Waals surface area contributed by atoms with E-state index in [1.54, 1.807) is 43.0 Å². The van der Waals surface area contributed by atoms with Crippen molar-refractivity contribution in [2.24, 2.45) is 0 Å². The minimum absolute atomic E-state index is 0.0155. The Bertz CT molecular complexity index is 1110. The lowest BCUT2D eigenvalue weighted by Crippen LogP contribution is -2.47. The number of hydrogen-bond donors (Lipinski definition) is 2. The van der Waals surface area contributed by atoms with Crippen molar-refractivity contribution in [3.63, 3.8) is 0 Å². The quantitative estimate of drug-likeness (QED) is 0.485. The number of carbonyl (C=O) groups excluding carboxylic acids is 2. The zero-order valence-corrected chi connectivity index (χ0v) is 19.1. The van der Waals surface area contributed by atoms with Crippen molar-refractivity contribution in [1.82, 2.24) is 10.6 Å². The molecule has 0 saturated carbocycles. The van der Waals surface area contributed by atoms with Gasteiger partial charge in [-0.15, -0.1) is 11.8 Å². The Morgan fingerprint density at radius 3 is 2.32 bits per heavy atom. The van der Waals surface area contributed by atoms with Crippen molar-refractivity contribution >= 4 is 33.6 Å². The Morgan fingerprint density at radius 2 is 1.74 bits per heavy atom. The van der Waals surface area contributed by atoms with Crippen LogP contribution >= 0.6 is 11.8 Å². The second-order valence-corrected chi connectivity index (χ2v) is 9.86. The van der Waals surface area contributed by atoms with Crippen molar-refractivity contribution in [2.75, 3.05) is 18.6 Å². The van der Waals surface area contributed by atoms with E-state index in [0.717, 1.165) is 10.5 Å². The van der Waals surface area contributed by atoms with Crippen LogP contribution in [0.4, 0.5) is 4.79 Å². The van der Waals surface area contributed by atoms with Gasteiger partial charge in [-0.25, -0.2) is 18.0 Å². The molecule has 0 radical (unpaired) electrons. The molecule has 0 saturated heterocycles. The van der Waals surface area contributed by atoms with Crippen molar-refractivity contribution in [3.8, 4) is 0 Å². The van der Waals surface area contributed by atoms with E-state index < -0.39 is 33.6 Å². The van der Waals surface area contributed by atoms with Gasteiger partial charge in [-0.05, 0) is 49.9 Å². The predicted molar refractivity (Wildman–Crippen MR) is 120 cm³/mol. The van der Waals surface area contributed by atoms with Crippen molar-refractivity contribution < 1.29 is 22.7 Å². The van der Waals surface area contributed by atoms with Crippen LogP contribution in [-0.2, 0) is 19.4 Å². The molecule has 0 spiro atoms. The summed E-state index contributed by atoms with van der Waals surface area (Å²) in [7, 11) is -3.81. The lowest BCUT2D eigenvalue weighted by atomic mass is 9.95. The first-order valence-corrected chi connectivity index (χ1v) is 12.5. The van der Waals surface area contributed by atoms with Crippen LogP contribution in [0.15, 0.2) is 69.6 Å². The van der Waals surface area contributed by atoms with E-state index in [-0.39, 0.29) is 22.8 Å². The largest absolute Gasteiger partial charge is 0.463 e. The monoisotopic (exact) mass is 460 g/mol. The van der Waals surface area contributed by atoms with Crippen LogP contribution in [0.3, 0.4) is 0 Å². The van der Waals surface area contributed by atoms with Crippen LogP contribution < -0.4 is 10.6 Å². The lowest BCUT2D eigenvalue weighted by Gasteiger charge is -2.29. The molecule has 1 aliphatic rings. The number of nitrogens with one attached hydrogen (secondary N) is 2. The van der Waals surface area contributed by atoms with Gasteiger partial charge in [-0.2, -0.15) is 0 Å². The first-order chi connectivity index (χ1) is 14.7. The molecule has 164 valence electrons. The van der Waals surface area contributed by atoms with Gasteiger partial charge in [0.05, 0.1) is 28.9 Å². The van der Waals surface area contributed by atoms with Crippen molar-refractivity contribution in [2.45, 2.75) is 29.7 Å². The molecule has 7 nitrogen and oxygen atoms in total. The highest BCUT2D eigenvalue weighted by Gasteiger charge is 2.35. The van der Waals surface area contributed by atoms with Gasteiger partial charge in [0, 0.05) is 10.6 Å². The molecule has 31 heavy (non-hydrogen) atoms. The van der Waals surface area contributed by atoms with Crippen LogP contribution in [0.25, 0.3) is 0 Å². The Labute approximate surface area is 186 Å². The summed E-state index contributed by atoms with van der Waals surface area (Å²) >= 11 is 1.56. The van der Waals surface area contributed by atoms with Crippen LogP contribution in [0.5, 0.6) is 0 Å². The van der Waals surface area contributed by atoms with Gasteiger partial charge in [-0.3, -0.25) is 0 Å². The van der Waals surface area contributed by atoms with E-state index in [9.17, 15) is 18.0 Å². The van der Waals surface area contributed by atoms with Gasteiger partial charge < -0.3 is 15.4 Å². The minimum atomic E-state index is -3.81. The summed E-state index contributed by atoms with van der Waals surface area (Å²) in [6.45, 7) is 3.64. The molecule has 2 aromatic rings. The molecule has 0 unspecified atom stereocenters. The second kappa shape index (κ2) is 9.57. The fourth-order valence-corrected chi connectivity index (χ4v) is 4.98. The number of aryl methyl sites for hydroxylation is 1. The summed E-state index contributed by atoms with van der Waals surface area (Å²) in [4.78, 5) is 26.3. The molecular weight excluding hydrogens is 436 g/mol. The molecule has 1 aliphatic heterocycles. The Kier molecular flexibility index (Phi) is 7.07. The third-order valence-corrected chi connectivity index (χ3v) is 7.22. The van der Waals surface area contributed by atoms with E-state index >= 15 is 0 Å². The molecule has 1 atom stereocenters. The third kappa shape index (κ3) is 5.29. The van der Waals surface area contributed by atoms with E-state index in [2.05, 4.69) is 10.6 Å². The number of amides is 2. The topological polar surface area (TPSA) is 102 Å². The summed E-state index contributed by atoms with van der Waals surface area (Å²) in [5, 5.41) is 5.22. The van der Waals surface area contributed by atoms with E-state index in [4.69, 9.17) is 4.74 Å². The maximum atomic E-state index is 13.0. The molecule has 0 aromatic heterocycles. The van der Waals surface area contributed by atoms with Crippen LogP contribution in [-0.4, -0.2) is 39.0 Å². The summed E-state index contributed by atoms with van der Waals surface area (Å²) in [6.07, 6.45) is 1.94. The molecule has 2 amide bonds. The summed E-state index contributed by atoms with van der Waals surface area (Å²) < 4.78 is 31.2. The molecule has 2 aromatic carbocycles. The summed E-state index contributed by atoms with van der Waals surface area (Å²) in [5.41, 5.74) is 1.67. The van der Waals surface area contributed by atoms with Crippen LogP contribution in [0.2, 0.25) is 0 Å². The number of rotatable bonds is 7. The molecule has 0 fully saturated rings. The highest BCUT2D eigenvalue weighted by molar-refractivity contribution is 7.98. The smallest absolute Gasteiger partial charge is 0.338 e. The molecule has 0 bridgehead atoms. The number of carbonyl (C=O) groups is 2. The number of urea groups is 1. The van der Waals surface area contributed by atoms with Gasteiger partial charge in [0.2, 0.25) is 0 Å². The number of benzene rings is 2. The average molecular weight is 461 g/mol. The van der Waals surface area contributed by atoms with E-state index in [1.807, 2.05) is 25.3 Å². The lowest BCUT2D eigenvalue weighted by molar-refractivity contribution is -0.139. The maximum Gasteiger partial charge on any atom is 0.338 e. The van der Waals surface area contributed by atoms with Crippen LogP contribution in [0.1, 0.15) is 24.1 Å². The van der Waals surface area contributed by atoms with Gasteiger partial charge in [0.15, 0.2) is 9.84 Å². The first kappa shape index (κ1) is 22.9. The zero-order chi connectivity index (χ0) is 22.6. The van der Waals surface area contributed by atoms with Crippen molar-refractivity contribution in [3.05, 3.63) is 70.9 Å². The molecule has 3 rings (SSSR count). The number of esters is 1. The van der Waals surface area contributed by atoms with Gasteiger partial charge >= 0.3 is 12.0 Å². The number of hydrogen-bond acceptors (Lipinski definition) is 6. The molecule has 2 N–H and O–H groups in total. The maximum absolute atomic E-state index is 13.0. The SMILES string of the molecule is CCOC(=O)C1=C(CS(=O)(=O)c2ccc(C)cc2)NC(=O)N[C@H]1c1ccc(SC)cc1. The van der Waals surface area contributed by atoms with Gasteiger partial charge in [0.25, 0.3) is 0 Å². The fourth-order valence-electron chi connectivity index (χ4n) is 3.25. The molecular formula is C22H24N2O5S2. The highest BCUT2D eigenvalue weighted by Crippen LogP contribution is 2.30. The van der Waals surface area contributed by atoms with Gasteiger partial charge in [0.1, 0.15) is 0 Å². The Balaban J connectivity index is 2.07. The number of ether oxygens (including phenoxy) is 1. The van der Waals surface area contributed by atoms with Crippen LogP contribution in [0, 0.1) is 6.92 Å². The second-order valence-electron chi connectivity index (χ2n) is 6.99. The Hall–Kier alpha value is -2.78. The van der Waals surface area contributed by atoms with Gasteiger partial charge in [-0.1, -0.05) is 29.8 Å². The predicted octanol–water partition coefficient (Wildman–Crippen LogP) is 3.36. The highest BCUT2D eigenvalue weighted by atomic mass is 32.2. The number of sulfone groups is 1. The van der Waals surface area contributed by atoms with E-state index in [0.29, 0.717) is 5.56 Å². The molecule has 1 heterocycles. The third-order valence-electron chi connectivity index (χ3n) is 4.81. The Morgan fingerprint density at radius 1 is 1.10 bits per heavy atom. The summed E-state index contributed by atoms with van der Waals surface area (Å²) in [5.74, 6) is -1.21. The van der Waals surface area contributed by atoms with E-state index in [1.165, 1.54) is 12.1 Å². The molecule has 9 heteroatoms.